The van der Waals surface area contributed by atoms with E-state index in [1.807, 2.05) is 13.0 Å². The van der Waals surface area contributed by atoms with Crippen LogP contribution < -0.4 is 4.74 Å². The Balaban J connectivity index is 2.57. The number of ketones is 1. The Hall–Kier alpha value is -1.51. The molecular formula is C13H18O3. The minimum absolute atomic E-state index is 0.131. The Morgan fingerprint density at radius 2 is 2.12 bits per heavy atom. The van der Waals surface area contributed by atoms with Crippen LogP contribution in [0.3, 0.4) is 0 Å². The molecule has 0 aliphatic carbocycles. The van der Waals surface area contributed by atoms with Crippen molar-refractivity contribution < 1.29 is 14.6 Å². The van der Waals surface area contributed by atoms with Crippen molar-refractivity contribution in [2.45, 2.75) is 32.6 Å². The maximum Gasteiger partial charge on any atom is 0.160 e. The van der Waals surface area contributed by atoms with E-state index >= 15 is 0 Å². The molecule has 1 rings (SSSR count). The molecule has 0 fully saturated rings. The maximum atomic E-state index is 11.4. The third-order valence-electron chi connectivity index (χ3n) is 2.47. The molecule has 88 valence electrons. The van der Waals surface area contributed by atoms with Crippen LogP contribution >= 0.6 is 0 Å². The van der Waals surface area contributed by atoms with Gasteiger partial charge in [0.05, 0.1) is 7.11 Å². The number of aromatic hydroxyl groups is 1. The highest BCUT2D eigenvalue weighted by Crippen LogP contribution is 2.26. The fourth-order valence-corrected chi connectivity index (χ4v) is 1.57. The van der Waals surface area contributed by atoms with Gasteiger partial charge in [-0.3, -0.25) is 4.79 Å². The van der Waals surface area contributed by atoms with Crippen LogP contribution in [0.15, 0.2) is 18.2 Å². The topological polar surface area (TPSA) is 46.5 Å². The van der Waals surface area contributed by atoms with Gasteiger partial charge in [-0.05, 0) is 30.5 Å². The summed E-state index contributed by atoms with van der Waals surface area (Å²) in [5.41, 5.74) is 1.01. The van der Waals surface area contributed by atoms with Gasteiger partial charge < -0.3 is 9.84 Å². The van der Waals surface area contributed by atoms with E-state index in [4.69, 9.17) is 4.74 Å². The first-order chi connectivity index (χ1) is 7.67. The third-order valence-corrected chi connectivity index (χ3v) is 2.47. The number of benzene rings is 1. The molecule has 0 bridgehead atoms. The number of methoxy groups -OCH3 is 1. The Kier molecular flexibility index (Phi) is 4.83. The highest BCUT2D eigenvalue weighted by molar-refractivity contribution is 5.78. The first-order valence-electron chi connectivity index (χ1n) is 5.55. The molecule has 0 saturated carbocycles. The summed E-state index contributed by atoms with van der Waals surface area (Å²) < 4.78 is 5.01. The van der Waals surface area contributed by atoms with E-state index in [9.17, 15) is 9.90 Å². The predicted octanol–water partition coefficient (Wildman–Crippen LogP) is 2.70. The minimum Gasteiger partial charge on any atom is -0.504 e. The SMILES string of the molecule is CCCC(=O)CCc1ccc(O)c(OC)c1. The van der Waals surface area contributed by atoms with E-state index < -0.39 is 0 Å². The lowest BCUT2D eigenvalue weighted by Gasteiger charge is -2.06. The molecular weight excluding hydrogens is 204 g/mol. The van der Waals surface area contributed by atoms with Gasteiger partial charge in [0.2, 0.25) is 0 Å². The van der Waals surface area contributed by atoms with Crippen LogP contribution in [0.1, 0.15) is 31.7 Å². The second-order valence-corrected chi connectivity index (χ2v) is 3.79. The number of ether oxygens (including phenoxy) is 1. The van der Waals surface area contributed by atoms with Crippen LogP contribution in [-0.2, 0) is 11.2 Å². The smallest absolute Gasteiger partial charge is 0.160 e. The van der Waals surface area contributed by atoms with Gasteiger partial charge in [-0.25, -0.2) is 0 Å². The van der Waals surface area contributed by atoms with Crippen LogP contribution in [0, 0.1) is 0 Å². The van der Waals surface area contributed by atoms with Crippen LogP contribution in [0.2, 0.25) is 0 Å². The monoisotopic (exact) mass is 222 g/mol. The molecule has 3 heteroatoms. The number of aryl methyl sites for hydroxylation is 1. The largest absolute Gasteiger partial charge is 0.504 e. The van der Waals surface area contributed by atoms with Crippen LogP contribution in [0.25, 0.3) is 0 Å². The van der Waals surface area contributed by atoms with E-state index in [2.05, 4.69) is 0 Å². The van der Waals surface area contributed by atoms with E-state index in [1.165, 1.54) is 7.11 Å². The third kappa shape index (κ3) is 3.57. The number of carbonyl (C=O) groups excluding carboxylic acids is 1. The fraction of sp³-hybridized carbons (Fsp3) is 0.462. The number of carbonyl (C=O) groups is 1. The first kappa shape index (κ1) is 12.6. The summed E-state index contributed by atoms with van der Waals surface area (Å²) in [6.45, 7) is 2.00. The molecule has 0 aliphatic rings. The molecule has 0 saturated heterocycles. The van der Waals surface area contributed by atoms with Crippen molar-refractivity contribution in [3.05, 3.63) is 23.8 Å². The highest BCUT2D eigenvalue weighted by atomic mass is 16.5. The molecule has 0 spiro atoms. The molecule has 0 aromatic heterocycles. The molecule has 1 aromatic rings. The molecule has 0 unspecified atom stereocenters. The second kappa shape index (κ2) is 6.16. The summed E-state index contributed by atoms with van der Waals surface area (Å²) in [5, 5.41) is 9.40. The number of phenols is 1. The first-order valence-corrected chi connectivity index (χ1v) is 5.55. The molecule has 16 heavy (non-hydrogen) atoms. The summed E-state index contributed by atoms with van der Waals surface area (Å²) in [7, 11) is 1.51. The van der Waals surface area contributed by atoms with E-state index in [-0.39, 0.29) is 11.5 Å². The van der Waals surface area contributed by atoms with Crippen LogP contribution in [0.5, 0.6) is 11.5 Å². The van der Waals surface area contributed by atoms with Crippen molar-refractivity contribution in [3.8, 4) is 11.5 Å². The van der Waals surface area contributed by atoms with Crippen LogP contribution in [-0.4, -0.2) is 18.0 Å². The fourth-order valence-electron chi connectivity index (χ4n) is 1.57. The normalized spacial score (nSPS) is 10.1. The van der Waals surface area contributed by atoms with Gasteiger partial charge in [-0.1, -0.05) is 13.0 Å². The zero-order chi connectivity index (χ0) is 12.0. The number of Topliss-reactive ketones (excluding diaryl/α,β-unsaturated/α-hetero) is 1. The van der Waals surface area contributed by atoms with E-state index in [0.29, 0.717) is 25.0 Å². The van der Waals surface area contributed by atoms with Crippen molar-refractivity contribution in [1.29, 1.82) is 0 Å². The number of hydrogen-bond donors (Lipinski definition) is 1. The van der Waals surface area contributed by atoms with Crippen molar-refractivity contribution >= 4 is 5.78 Å². The maximum absolute atomic E-state index is 11.4. The molecule has 0 radical (unpaired) electrons. The number of hydrogen-bond acceptors (Lipinski definition) is 3. The molecule has 0 aliphatic heterocycles. The summed E-state index contributed by atoms with van der Waals surface area (Å²) in [6, 6.07) is 5.18. The average Bonchev–Trinajstić information content (AvgIpc) is 2.28. The molecule has 1 aromatic carbocycles. The minimum atomic E-state index is 0.131. The lowest BCUT2D eigenvalue weighted by atomic mass is 10.0. The molecule has 1 N–H and O–H groups in total. The molecule has 0 atom stereocenters. The second-order valence-electron chi connectivity index (χ2n) is 3.79. The number of rotatable bonds is 6. The van der Waals surface area contributed by atoms with E-state index in [0.717, 1.165) is 12.0 Å². The summed E-state index contributed by atoms with van der Waals surface area (Å²) >= 11 is 0. The molecule has 3 nitrogen and oxygen atoms in total. The summed E-state index contributed by atoms with van der Waals surface area (Å²) in [6.07, 6.45) is 2.81. The van der Waals surface area contributed by atoms with Crippen LogP contribution in [0.4, 0.5) is 0 Å². The standard InChI is InChI=1S/C13H18O3/c1-3-4-11(14)7-5-10-6-8-12(15)13(9-10)16-2/h6,8-9,15H,3-5,7H2,1-2H3. The molecule has 0 heterocycles. The van der Waals surface area contributed by atoms with Gasteiger partial charge in [0.1, 0.15) is 5.78 Å². The lowest BCUT2D eigenvalue weighted by Crippen LogP contribution is -1.99. The zero-order valence-corrected chi connectivity index (χ0v) is 9.82. The Morgan fingerprint density at radius 3 is 2.75 bits per heavy atom. The Labute approximate surface area is 96.1 Å². The molecule has 0 amide bonds. The number of phenolic OH excluding ortho intramolecular Hbond substituents is 1. The van der Waals surface area contributed by atoms with E-state index in [1.54, 1.807) is 12.1 Å². The van der Waals surface area contributed by atoms with Gasteiger partial charge in [0.15, 0.2) is 11.5 Å². The van der Waals surface area contributed by atoms with Gasteiger partial charge in [-0.2, -0.15) is 0 Å². The van der Waals surface area contributed by atoms with Crippen molar-refractivity contribution in [3.63, 3.8) is 0 Å². The zero-order valence-electron chi connectivity index (χ0n) is 9.82. The summed E-state index contributed by atoms with van der Waals surface area (Å²) in [5.74, 6) is 0.876. The summed E-state index contributed by atoms with van der Waals surface area (Å²) in [4.78, 5) is 11.4. The van der Waals surface area contributed by atoms with Crippen molar-refractivity contribution in [1.82, 2.24) is 0 Å². The van der Waals surface area contributed by atoms with Crippen molar-refractivity contribution in [2.24, 2.45) is 0 Å². The quantitative estimate of drug-likeness (QED) is 0.805. The van der Waals surface area contributed by atoms with Gasteiger partial charge in [0, 0.05) is 12.8 Å². The van der Waals surface area contributed by atoms with Crippen molar-refractivity contribution in [2.75, 3.05) is 7.11 Å². The Bertz CT molecular complexity index is 358. The predicted molar refractivity (Wildman–Crippen MR) is 62.9 cm³/mol. The lowest BCUT2D eigenvalue weighted by molar-refractivity contribution is -0.119. The van der Waals surface area contributed by atoms with Gasteiger partial charge in [0.25, 0.3) is 0 Å². The Morgan fingerprint density at radius 1 is 1.38 bits per heavy atom. The van der Waals surface area contributed by atoms with Gasteiger partial charge >= 0.3 is 0 Å². The highest BCUT2D eigenvalue weighted by Gasteiger charge is 2.05. The van der Waals surface area contributed by atoms with Gasteiger partial charge in [-0.15, -0.1) is 0 Å². The average molecular weight is 222 g/mol.